The molecule has 1 aliphatic heterocycles. The zero-order valence-corrected chi connectivity index (χ0v) is 13.5. The van der Waals surface area contributed by atoms with E-state index in [9.17, 15) is 9.90 Å². The summed E-state index contributed by atoms with van der Waals surface area (Å²) >= 11 is 7.96. The van der Waals surface area contributed by atoms with Crippen molar-refractivity contribution in [2.75, 3.05) is 12.4 Å². The van der Waals surface area contributed by atoms with Crippen molar-refractivity contribution in [3.05, 3.63) is 27.3 Å². The first-order valence-corrected chi connectivity index (χ1v) is 8.10. The van der Waals surface area contributed by atoms with Crippen LogP contribution in [0.4, 0.5) is 0 Å². The highest BCUT2D eigenvalue weighted by molar-refractivity contribution is 14.1. The summed E-state index contributed by atoms with van der Waals surface area (Å²) < 4.78 is 0.949. The lowest BCUT2D eigenvalue weighted by Gasteiger charge is -2.35. The van der Waals surface area contributed by atoms with Crippen molar-refractivity contribution in [1.29, 1.82) is 0 Å². The normalized spacial score (nSPS) is 19.5. The van der Waals surface area contributed by atoms with E-state index in [0.717, 1.165) is 35.8 Å². The van der Waals surface area contributed by atoms with Gasteiger partial charge in [0.25, 0.3) is 5.91 Å². The maximum Gasteiger partial charge on any atom is 0.257 e. The second-order valence-electron chi connectivity index (χ2n) is 4.79. The summed E-state index contributed by atoms with van der Waals surface area (Å²) in [4.78, 5) is 14.4. The van der Waals surface area contributed by atoms with Gasteiger partial charge in [-0.05, 0) is 66.5 Å². The molecule has 0 saturated carbocycles. The van der Waals surface area contributed by atoms with Gasteiger partial charge in [0.2, 0.25) is 0 Å². The molecule has 0 spiro atoms. The number of halogens is 2. The van der Waals surface area contributed by atoms with Gasteiger partial charge in [-0.25, -0.2) is 0 Å². The molecule has 1 heterocycles. The molecule has 19 heavy (non-hydrogen) atoms. The van der Waals surface area contributed by atoms with Gasteiger partial charge in [-0.1, -0.05) is 0 Å². The number of phenols is 1. The van der Waals surface area contributed by atoms with Crippen molar-refractivity contribution >= 4 is 40.1 Å². The molecule has 1 amide bonds. The molecule has 2 rings (SSSR count). The highest BCUT2D eigenvalue weighted by Gasteiger charge is 2.28. The molecule has 0 aliphatic carbocycles. The van der Waals surface area contributed by atoms with Crippen LogP contribution >= 0.6 is 34.2 Å². The Morgan fingerprint density at radius 3 is 3.00 bits per heavy atom. The molecule has 3 nitrogen and oxygen atoms in total. The number of likely N-dealkylation sites (tertiary alicyclic amines) is 1. The van der Waals surface area contributed by atoms with Crippen molar-refractivity contribution in [1.82, 2.24) is 4.90 Å². The maximum absolute atomic E-state index is 12.6. The molecule has 0 bridgehead atoms. The van der Waals surface area contributed by atoms with E-state index < -0.39 is 0 Å². The smallest absolute Gasteiger partial charge is 0.257 e. The quantitative estimate of drug-likeness (QED) is 0.629. The number of hydrogen-bond donors (Lipinski definition) is 1. The molecule has 1 aliphatic rings. The second kappa shape index (κ2) is 6.79. The van der Waals surface area contributed by atoms with Crippen LogP contribution in [-0.2, 0) is 0 Å². The first-order valence-electron chi connectivity index (χ1n) is 6.49. The molecule has 1 saturated heterocycles. The van der Waals surface area contributed by atoms with Crippen LogP contribution in [0, 0.1) is 3.57 Å². The highest BCUT2D eigenvalue weighted by atomic mass is 127. The molecule has 1 aromatic rings. The Morgan fingerprint density at radius 2 is 2.26 bits per heavy atom. The van der Waals surface area contributed by atoms with E-state index in [4.69, 9.17) is 11.6 Å². The number of hydrogen-bond acceptors (Lipinski definition) is 2. The maximum atomic E-state index is 12.6. The average molecular weight is 394 g/mol. The topological polar surface area (TPSA) is 40.5 Å². The van der Waals surface area contributed by atoms with Gasteiger partial charge < -0.3 is 10.0 Å². The van der Waals surface area contributed by atoms with Crippen LogP contribution in [0.25, 0.3) is 0 Å². The number of amides is 1. The molecule has 1 aromatic carbocycles. The zero-order chi connectivity index (χ0) is 13.8. The third kappa shape index (κ3) is 3.54. The first-order chi connectivity index (χ1) is 9.13. The molecule has 0 radical (unpaired) electrons. The van der Waals surface area contributed by atoms with Crippen LogP contribution in [0.5, 0.6) is 5.75 Å². The number of carbonyl (C=O) groups is 1. The number of piperidine rings is 1. The number of benzene rings is 1. The van der Waals surface area contributed by atoms with Crippen molar-refractivity contribution in [2.45, 2.75) is 31.7 Å². The van der Waals surface area contributed by atoms with E-state index in [1.165, 1.54) is 0 Å². The standard InChI is InChI=1S/C14H17ClINO2/c15-7-6-11-3-1-2-8-17(11)14(19)12-9-10(16)4-5-13(12)18/h4-5,9,11,18H,1-3,6-8H2. The van der Waals surface area contributed by atoms with Gasteiger partial charge >= 0.3 is 0 Å². The summed E-state index contributed by atoms with van der Waals surface area (Å²) in [5, 5.41) is 9.88. The zero-order valence-electron chi connectivity index (χ0n) is 10.6. The minimum absolute atomic E-state index is 0.0561. The second-order valence-corrected chi connectivity index (χ2v) is 6.41. The summed E-state index contributed by atoms with van der Waals surface area (Å²) in [5.74, 6) is 0.540. The Morgan fingerprint density at radius 1 is 1.47 bits per heavy atom. The fourth-order valence-corrected chi connectivity index (χ4v) is 3.27. The van der Waals surface area contributed by atoms with E-state index in [2.05, 4.69) is 22.6 Å². The van der Waals surface area contributed by atoms with Gasteiger partial charge in [0, 0.05) is 22.0 Å². The Hall–Kier alpha value is -0.490. The van der Waals surface area contributed by atoms with E-state index in [0.29, 0.717) is 11.4 Å². The van der Waals surface area contributed by atoms with Crippen LogP contribution in [0.15, 0.2) is 18.2 Å². The molecular weight excluding hydrogens is 377 g/mol. The molecule has 5 heteroatoms. The molecule has 1 fully saturated rings. The van der Waals surface area contributed by atoms with Gasteiger partial charge in [0.15, 0.2) is 0 Å². The molecular formula is C14H17ClINO2. The van der Waals surface area contributed by atoms with Crippen LogP contribution in [0.3, 0.4) is 0 Å². The fraction of sp³-hybridized carbons (Fsp3) is 0.500. The number of nitrogens with zero attached hydrogens (tertiary/aromatic N) is 1. The summed E-state index contributed by atoms with van der Waals surface area (Å²) in [6.07, 6.45) is 3.99. The summed E-state index contributed by atoms with van der Waals surface area (Å²) in [5.41, 5.74) is 0.397. The van der Waals surface area contributed by atoms with E-state index >= 15 is 0 Å². The molecule has 104 valence electrons. The fourth-order valence-electron chi connectivity index (χ4n) is 2.53. The molecule has 1 N–H and O–H groups in total. The Bertz CT molecular complexity index is 465. The predicted molar refractivity (Wildman–Crippen MR) is 84.8 cm³/mol. The van der Waals surface area contributed by atoms with E-state index in [1.54, 1.807) is 18.2 Å². The minimum atomic E-state index is -0.0779. The monoisotopic (exact) mass is 393 g/mol. The summed E-state index contributed by atoms with van der Waals surface area (Å²) in [7, 11) is 0. The number of rotatable bonds is 3. The van der Waals surface area contributed by atoms with Crippen LogP contribution in [-0.4, -0.2) is 34.4 Å². The SMILES string of the molecule is O=C(c1cc(I)ccc1O)N1CCCCC1CCCl. The van der Waals surface area contributed by atoms with Gasteiger partial charge in [0.1, 0.15) is 5.75 Å². The van der Waals surface area contributed by atoms with Crippen molar-refractivity contribution in [3.63, 3.8) is 0 Å². The Balaban J connectivity index is 2.23. The van der Waals surface area contributed by atoms with Crippen LogP contribution in [0.1, 0.15) is 36.0 Å². The van der Waals surface area contributed by atoms with E-state index in [-0.39, 0.29) is 17.7 Å². The molecule has 1 atom stereocenters. The minimum Gasteiger partial charge on any atom is -0.507 e. The number of phenolic OH excluding ortho intramolecular Hbond substituents is 1. The molecule has 1 unspecified atom stereocenters. The predicted octanol–water partition coefficient (Wildman–Crippen LogP) is 3.62. The lowest BCUT2D eigenvalue weighted by molar-refractivity contribution is 0.0606. The third-order valence-corrected chi connectivity index (χ3v) is 4.41. The lowest BCUT2D eigenvalue weighted by Crippen LogP contribution is -2.44. The lowest BCUT2D eigenvalue weighted by atomic mass is 9.98. The van der Waals surface area contributed by atoms with Gasteiger partial charge in [-0.2, -0.15) is 0 Å². The van der Waals surface area contributed by atoms with Crippen molar-refractivity contribution in [3.8, 4) is 5.75 Å². The van der Waals surface area contributed by atoms with Gasteiger partial charge in [0.05, 0.1) is 5.56 Å². The Kier molecular flexibility index (Phi) is 5.33. The van der Waals surface area contributed by atoms with Crippen molar-refractivity contribution in [2.24, 2.45) is 0 Å². The van der Waals surface area contributed by atoms with Crippen molar-refractivity contribution < 1.29 is 9.90 Å². The number of carbonyl (C=O) groups excluding carboxylic acids is 1. The highest BCUT2D eigenvalue weighted by Crippen LogP contribution is 2.26. The largest absolute Gasteiger partial charge is 0.507 e. The third-order valence-electron chi connectivity index (χ3n) is 3.52. The number of alkyl halides is 1. The van der Waals surface area contributed by atoms with E-state index in [1.807, 2.05) is 4.90 Å². The summed E-state index contributed by atoms with van der Waals surface area (Å²) in [6, 6.07) is 5.31. The Labute approximate surface area is 132 Å². The van der Waals surface area contributed by atoms with Crippen LogP contribution in [0.2, 0.25) is 0 Å². The first kappa shape index (κ1) is 14.9. The van der Waals surface area contributed by atoms with Crippen LogP contribution < -0.4 is 0 Å². The van der Waals surface area contributed by atoms with Gasteiger partial charge in [-0.15, -0.1) is 11.6 Å². The average Bonchev–Trinajstić information content (AvgIpc) is 2.42. The summed E-state index contributed by atoms with van der Waals surface area (Å²) in [6.45, 7) is 0.755. The number of aromatic hydroxyl groups is 1. The van der Waals surface area contributed by atoms with Gasteiger partial charge in [-0.3, -0.25) is 4.79 Å². The molecule has 0 aromatic heterocycles.